The number of hydrogen-bond acceptors (Lipinski definition) is 5. The minimum atomic E-state index is -2.95. The monoisotopic (exact) mass is 350 g/mol. The Hall–Kier alpha value is -2.96. The van der Waals surface area contributed by atoms with Gasteiger partial charge in [0.25, 0.3) is 0 Å². The lowest BCUT2D eigenvalue weighted by Gasteiger charge is -2.13. The second-order valence-corrected chi connectivity index (χ2v) is 5.34. The molecule has 0 heterocycles. The maximum Gasteiger partial charge on any atom is 0.387 e. The van der Waals surface area contributed by atoms with Crippen molar-refractivity contribution in [3.8, 4) is 11.5 Å². The largest absolute Gasteiger partial charge is 0.507 e. The molecule has 0 aliphatic heterocycles. The van der Waals surface area contributed by atoms with Gasteiger partial charge in [0.2, 0.25) is 5.78 Å². The first-order valence-electron chi connectivity index (χ1n) is 7.37. The number of phenolic OH excluding ortho intramolecular Hbond substituents is 1. The standard InChI is InChI=1S/C18H16F2O5/c1-10-3-8-14(15(21)9-10)17(23)24-11(2)16(22)12-4-6-13(7-5-12)25-18(19)20/h3-9,11,18,21H,1-2H3/t11-/m1/s1. The molecule has 25 heavy (non-hydrogen) atoms. The van der Waals surface area contributed by atoms with Gasteiger partial charge in [-0.25, -0.2) is 4.79 Å². The van der Waals surface area contributed by atoms with E-state index in [1.54, 1.807) is 13.0 Å². The van der Waals surface area contributed by atoms with Crippen molar-refractivity contribution >= 4 is 11.8 Å². The molecule has 132 valence electrons. The van der Waals surface area contributed by atoms with Crippen LogP contribution in [0.1, 0.15) is 33.2 Å². The molecule has 0 spiro atoms. The van der Waals surface area contributed by atoms with E-state index >= 15 is 0 Å². The fourth-order valence-corrected chi connectivity index (χ4v) is 2.13. The van der Waals surface area contributed by atoms with Crippen LogP contribution in [0.2, 0.25) is 0 Å². The molecule has 0 aliphatic rings. The molecule has 0 bridgehead atoms. The highest BCUT2D eigenvalue weighted by Gasteiger charge is 2.22. The average Bonchev–Trinajstić information content (AvgIpc) is 2.54. The quantitative estimate of drug-likeness (QED) is 0.635. The van der Waals surface area contributed by atoms with Crippen molar-refractivity contribution in [2.75, 3.05) is 0 Å². The smallest absolute Gasteiger partial charge is 0.387 e. The molecular formula is C18H16F2O5. The van der Waals surface area contributed by atoms with E-state index < -0.39 is 24.5 Å². The molecule has 2 aromatic carbocycles. The molecule has 7 heteroatoms. The highest BCUT2D eigenvalue weighted by Crippen LogP contribution is 2.21. The fourth-order valence-electron chi connectivity index (χ4n) is 2.13. The van der Waals surface area contributed by atoms with Gasteiger partial charge in [0, 0.05) is 5.56 Å². The molecule has 0 saturated carbocycles. The zero-order valence-corrected chi connectivity index (χ0v) is 13.5. The number of rotatable bonds is 6. The molecule has 2 aromatic rings. The maximum atomic E-state index is 12.3. The first kappa shape index (κ1) is 18.4. The minimum absolute atomic E-state index is 0.0501. The molecule has 1 atom stereocenters. The van der Waals surface area contributed by atoms with Crippen molar-refractivity contribution in [1.29, 1.82) is 0 Å². The number of esters is 1. The zero-order chi connectivity index (χ0) is 18.6. The number of benzene rings is 2. The van der Waals surface area contributed by atoms with E-state index in [0.29, 0.717) is 0 Å². The van der Waals surface area contributed by atoms with E-state index in [1.807, 2.05) is 0 Å². The predicted octanol–water partition coefficient (Wildman–Crippen LogP) is 3.73. The highest BCUT2D eigenvalue weighted by atomic mass is 19.3. The summed E-state index contributed by atoms with van der Waals surface area (Å²) in [5, 5.41) is 9.77. The number of carbonyl (C=O) groups is 2. The number of alkyl halides is 2. The van der Waals surface area contributed by atoms with E-state index in [1.165, 1.54) is 43.3 Å². The maximum absolute atomic E-state index is 12.3. The van der Waals surface area contributed by atoms with E-state index in [4.69, 9.17) is 4.74 Å². The van der Waals surface area contributed by atoms with Gasteiger partial charge >= 0.3 is 12.6 Å². The summed E-state index contributed by atoms with van der Waals surface area (Å²) in [5.41, 5.74) is 0.894. The first-order chi connectivity index (χ1) is 11.8. The Bertz CT molecular complexity index is 772. The van der Waals surface area contributed by atoms with Crippen LogP contribution in [0.15, 0.2) is 42.5 Å². The Morgan fingerprint density at radius 2 is 1.72 bits per heavy atom. The summed E-state index contributed by atoms with van der Waals surface area (Å²) in [6.45, 7) is 0.181. The fraction of sp³-hybridized carbons (Fsp3) is 0.222. The van der Waals surface area contributed by atoms with Crippen LogP contribution in [0.4, 0.5) is 8.78 Å². The Kier molecular flexibility index (Phi) is 5.69. The van der Waals surface area contributed by atoms with Crippen LogP contribution < -0.4 is 4.74 Å². The summed E-state index contributed by atoms with van der Waals surface area (Å²) in [5.74, 6) is -1.67. The third kappa shape index (κ3) is 4.76. The summed E-state index contributed by atoms with van der Waals surface area (Å²) in [4.78, 5) is 24.3. The molecule has 5 nitrogen and oxygen atoms in total. The predicted molar refractivity (Wildman–Crippen MR) is 85.1 cm³/mol. The van der Waals surface area contributed by atoms with Gasteiger partial charge in [-0.05, 0) is 55.8 Å². The van der Waals surface area contributed by atoms with Crippen molar-refractivity contribution < 1.29 is 33.0 Å². The molecule has 1 N–H and O–H groups in total. The molecule has 0 fully saturated rings. The lowest BCUT2D eigenvalue weighted by Crippen LogP contribution is -2.24. The van der Waals surface area contributed by atoms with Crippen molar-refractivity contribution in [2.24, 2.45) is 0 Å². The summed E-state index contributed by atoms with van der Waals surface area (Å²) in [7, 11) is 0. The molecule has 0 amide bonds. The van der Waals surface area contributed by atoms with Crippen LogP contribution in [0.5, 0.6) is 11.5 Å². The number of hydrogen-bond donors (Lipinski definition) is 1. The molecule has 0 aromatic heterocycles. The number of carbonyl (C=O) groups excluding carboxylic acids is 2. The summed E-state index contributed by atoms with van der Waals surface area (Å²) < 4.78 is 33.5. The number of aromatic hydroxyl groups is 1. The molecule has 0 unspecified atom stereocenters. The van der Waals surface area contributed by atoms with Gasteiger partial charge in [-0.2, -0.15) is 8.78 Å². The van der Waals surface area contributed by atoms with Crippen molar-refractivity contribution in [3.05, 3.63) is 59.2 Å². The van der Waals surface area contributed by atoms with Gasteiger partial charge in [0.1, 0.15) is 17.1 Å². The minimum Gasteiger partial charge on any atom is -0.507 e. The number of aryl methyl sites for hydroxylation is 1. The lowest BCUT2D eigenvalue weighted by molar-refractivity contribution is -0.0498. The van der Waals surface area contributed by atoms with Crippen LogP contribution in [0, 0.1) is 6.92 Å². The van der Waals surface area contributed by atoms with Crippen LogP contribution in [0.3, 0.4) is 0 Å². The van der Waals surface area contributed by atoms with Crippen LogP contribution in [0.25, 0.3) is 0 Å². The first-order valence-corrected chi connectivity index (χ1v) is 7.37. The van der Waals surface area contributed by atoms with Gasteiger partial charge < -0.3 is 14.6 Å². The second kappa shape index (κ2) is 7.74. The molecule has 2 rings (SSSR count). The lowest BCUT2D eigenvalue weighted by atomic mass is 10.1. The van der Waals surface area contributed by atoms with Crippen molar-refractivity contribution in [2.45, 2.75) is 26.6 Å². The third-order valence-electron chi connectivity index (χ3n) is 3.39. The normalized spacial score (nSPS) is 11.9. The Labute approximate surface area is 142 Å². The molecule has 0 radical (unpaired) electrons. The molecule has 0 aliphatic carbocycles. The second-order valence-electron chi connectivity index (χ2n) is 5.34. The van der Waals surface area contributed by atoms with Gasteiger partial charge in [-0.1, -0.05) is 6.07 Å². The van der Waals surface area contributed by atoms with Crippen LogP contribution in [-0.2, 0) is 4.74 Å². The van der Waals surface area contributed by atoms with E-state index in [0.717, 1.165) is 5.56 Å². The Balaban J connectivity index is 2.05. The highest BCUT2D eigenvalue weighted by molar-refractivity contribution is 6.01. The average molecular weight is 350 g/mol. The van der Waals surface area contributed by atoms with E-state index in [2.05, 4.69) is 4.74 Å². The van der Waals surface area contributed by atoms with E-state index in [-0.39, 0.29) is 22.6 Å². The molecular weight excluding hydrogens is 334 g/mol. The SMILES string of the molecule is Cc1ccc(C(=O)O[C@H](C)C(=O)c2ccc(OC(F)F)cc2)c(O)c1. The van der Waals surface area contributed by atoms with Gasteiger partial charge in [0.05, 0.1) is 0 Å². The topological polar surface area (TPSA) is 72.8 Å². The number of halogens is 2. The van der Waals surface area contributed by atoms with Crippen LogP contribution >= 0.6 is 0 Å². The summed E-state index contributed by atoms with van der Waals surface area (Å²) >= 11 is 0. The summed E-state index contributed by atoms with van der Waals surface area (Å²) in [6, 6.07) is 9.48. The number of ether oxygens (including phenoxy) is 2. The number of Topliss-reactive ketones (excluding diaryl/α,β-unsaturated/α-hetero) is 1. The Morgan fingerprint density at radius 1 is 1.08 bits per heavy atom. The van der Waals surface area contributed by atoms with Gasteiger partial charge in [-0.3, -0.25) is 4.79 Å². The van der Waals surface area contributed by atoms with Crippen LogP contribution in [-0.4, -0.2) is 29.6 Å². The molecule has 0 saturated heterocycles. The van der Waals surface area contributed by atoms with Crippen molar-refractivity contribution in [1.82, 2.24) is 0 Å². The van der Waals surface area contributed by atoms with E-state index in [9.17, 15) is 23.5 Å². The number of phenols is 1. The zero-order valence-electron chi connectivity index (χ0n) is 13.5. The summed E-state index contributed by atoms with van der Waals surface area (Å²) in [6.07, 6.45) is -1.12. The van der Waals surface area contributed by atoms with Crippen molar-refractivity contribution in [3.63, 3.8) is 0 Å². The Morgan fingerprint density at radius 3 is 2.28 bits per heavy atom. The van der Waals surface area contributed by atoms with Gasteiger partial charge in [0.15, 0.2) is 6.10 Å². The van der Waals surface area contributed by atoms with Gasteiger partial charge in [-0.15, -0.1) is 0 Å². The number of ketones is 1. The third-order valence-corrected chi connectivity index (χ3v) is 3.39.